The van der Waals surface area contributed by atoms with Gasteiger partial charge >= 0.3 is 0 Å². The normalized spacial score (nSPS) is 12.0. The molecule has 8 nitrogen and oxygen atoms in total. The first-order valence-electron chi connectivity index (χ1n) is 5.58. The predicted molar refractivity (Wildman–Crippen MR) is 71.3 cm³/mol. The molecule has 1 unspecified atom stereocenters. The molecule has 19 heavy (non-hydrogen) atoms. The molecular formula is C10H22N2O6S. The molecule has 9 heteroatoms. The average Bonchev–Trinajstić information content (AvgIpc) is 2.35. The van der Waals surface area contributed by atoms with Crippen LogP contribution in [0, 0.1) is 0 Å². The van der Waals surface area contributed by atoms with Crippen LogP contribution < -0.4 is 10.6 Å². The molecule has 0 rings (SSSR count). The molecule has 0 fully saturated rings. The van der Waals surface area contributed by atoms with Crippen LogP contribution in [0.4, 0.5) is 0 Å². The Kier molecular flexibility index (Phi) is 12.9. The lowest BCUT2D eigenvalue weighted by atomic mass is 10.4. The third-order valence-corrected chi connectivity index (χ3v) is 3.02. The summed E-state index contributed by atoms with van der Waals surface area (Å²) in [5, 5.41) is 20.3. The quantitative estimate of drug-likeness (QED) is 0.201. The second-order valence-corrected chi connectivity index (χ2v) is 5.31. The molecule has 0 saturated heterocycles. The molecule has 0 saturated carbocycles. The van der Waals surface area contributed by atoms with Crippen molar-refractivity contribution in [2.24, 2.45) is 0 Å². The van der Waals surface area contributed by atoms with E-state index in [2.05, 4.69) is 17.2 Å². The minimum Gasteiger partial charge on any atom is -0.395 e. The van der Waals surface area contributed by atoms with Crippen LogP contribution in [-0.2, 0) is 14.9 Å². The van der Waals surface area contributed by atoms with Gasteiger partial charge in [-0.05, 0) is 13.0 Å². The first kappa shape index (κ1) is 20.3. The summed E-state index contributed by atoms with van der Waals surface area (Å²) in [5.41, 5.74) is 0. The van der Waals surface area contributed by atoms with Gasteiger partial charge in [0.15, 0.2) is 0 Å². The van der Waals surface area contributed by atoms with Crippen molar-refractivity contribution in [1.82, 2.24) is 10.6 Å². The standard InChI is InChI=1S/C6H11NO4S.C4H11NO2/c1-3-6(8)7-4-5(2)12(9,10)11;6-3-1-5-2-4-7/h3,5H,1,4H2,2H3,(H,7,8)(H,9,10,11);5-7H,1-4H2. The monoisotopic (exact) mass is 298 g/mol. The second kappa shape index (κ2) is 12.1. The number of amides is 1. The van der Waals surface area contributed by atoms with Gasteiger partial charge < -0.3 is 20.8 Å². The fraction of sp³-hybridized carbons (Fsp3) is 0.700. The second-order valence-electron chi connectivity index (χ2n) is 3.47. The first-order valence-corrected chi connectivity index (χ1v) is 7.08. The number of nitrogens with one attached hydrogen (secondary N) is 2. The minimum absolute atomic E-state index is 0.121. The van der Waals surface area contributed by atoms with E-state index in [-0.39, 0.29) is 19.8 Å². The van der Waals surface area contributed by atoms with Crippen molar-refractivity contribution < 1.29 is 28.0 Å². The van der Waals surface area contributed by atoms with Crippen LogP contribution in [0.25, 0.3) is 0 Å². The number of hydrogen-bond donors (Lipinski definition) is 5. The van der Waals surface area contributed by atoms with Crippen molar-refractivity contribution in [3.8, 4) is 0 Å². The molecule has 0 bridgehead atoms. The van der Waals surface area contributed by atoms with E-state index in [4.69, 9.17) is 14.8 Å². The summed E-state index contributed by atoms with van der Waals surface area (Å²) in [6.45, 7) is 5.76. The van der Waals surface area contributed by atoms with E-state index in [0.29, 0.717) is 13.1 Å². The Hall–Kier alpha value is -1.00. The van der Waals surface area contributed by atoms with E-state index < -0.39 is 21.3 Å². The van der Waals surface area contributed by atoms with Crippen LogP contribution in [0.1, 0.15) is 6.92 Å². The molecule has 0 aliphatic heterocycles. The highest BCUT2D eigenvalue weighted by Crippen LogP contribution is 1.94. The summed E-state index contributed by atoms with van der Waals surface area (Å²) in [5.74, 6) is -0.467. The van der Waals surface area contributed by atoms with Gasteiger partial charge in [-0.2, -0.15) is 8.42 Å². The van der Waals surface area contributed by atoms with Crippen LogP contribution in [0.5, 0.6) is 0 Å². The zero-order valence-electron chi connectivity index (χ0n) is 10.9. The number of carbonyl (C=O) groups excluding carboxylic acids is 1. The lowest BCUT2D eigenvalue weighted by Gasteiger charge is -2.07. The molecule has 0 aromatic heterocycles. The molecule has 0 spiro atoms. The molecule has 0 aromatic carbocycles. The highest BCUT2D eigenvalue weighted by molar-refractivity contribution is 7.86. The van der Waals surface area contributed by atoms with Crippen molar-refractivity contribution in [2.75, 3.05) is 32.8 Å². The number of aliphatic hydroxyl groups excluding tert-OH is 2. The van der Waals surface area contributed by atoms with E-state index in [1.807, 2.05) is 0 Å². The topological polar surface area (TPSA) is 136 Å². The van der Waals surface area contributed by atoms with E-state index >= 15 is 0 Å². The highest BCUT2D eigenvalue weighted by atomic mass is 32.2. The molecule has 5 N–H and O–H groups in total. The van der Waals surface area contributed by atoms with Gasteiger partial charge in [0.25, 0.3) is 10.1 Å². The molecule has 1 atom stereocenters. The SMILES string of the molecule is C=CC(=O)NCC(C)S(=O)(=O)O.OCCNCCO. The Bertz CT molecular complexity index is 340. The Morgan fingerprint density at radius 1 is 1.32 bits per heavy atom. The molecule has 0 aliphatic rings. The summed E-state index contributed by atoms with van der Waals surface area (Å²) >= 11 is 0. The maximum Gasteiger partial charge on any atom is 0.269 e. The van der Waals surface area contributed by atoms with E-state index in [1.165, 1.54) is 6.92 Å². The van der Waals surface area contributed by atoms with Gasteiger partial charge in [-0.15, -0.1) is 0 Å². The van der Waals surface area contributed by atoms with Gasteiger partial charge in [0.2, 0.25) is 5.91 Å². The fourth-order valence-electron chi connectivity index (χ4n) is 0.705. The minimum atomic E-state index is -4.06. The third-order valence-electron chi connectivity index (χ3n) is 1.83. The Morgan fingerprint density at radius 2 is 1.79 bits per heavy atom. The Labute approximate surface area is 113 Å². The summed E-state index contributed by atoms with van der Waals surface area (Å²) in [6, 6.07) is 0. The van der Waals surface area contributed by atoms with Crippen molar-refractivity contribution in [3.63, 3.8) is 0 Å². The fourth-order valence-corrected chi connectivity index (χ4v) is 0.999. The van der Waals surface area contributed by atoms with Crippen LogP contribution in [0.2, 0.25) is 0 Å². The lowest BCUT2D eigenvalue weighted by molar-refractivity contribution is -0.116. The lowest BCUT2D eigenvalue weighted by Crippen LogP contribution is -2.33. The zero-order chi connectivity index (χ0) is 15.3. The number of hydrogen-bond acceptors (Lipinski definition) is 6. The molecular weight excluding hydrogens is 276 g/mol. The summed E-state index contributed by atoms with van der Waals surface area (Å²) in [4.78, 5) is 10.5. The van der Waals surface area contributed by atoms with Crippen molar-refractivity contribution >= 4 is 16.0 Å². The average molecular weight is 298 g/mol. The molecule has 0 heterocycles. The van der Waals surface area contributed by atoms with Crippen LogP contribution >= 0.6 is 0 Å². The van der Waals surface area contributed by atoms with Gasteiger partial charge in [-0.3, -0.25) is 9.35 Å². The molecule has 114 valence electrons. The maximum atomic E-state index is 10.5. The van der Waals surface area contributed by atoms with E-state index in [9.17, 15) is 13.2 Å². The van der Waals surface area contributed by atoms with Gasteiger partial charge in [-0.25, -0.2) is 0 Å². The van der Waals surface area contributed by atoms with Gasteiger partial charge in [0.05, 0.1) is 13.2 Å². The van der Waals surface area contributed by atoms with Crippen molar-refractivity contribution in [1.29, 1.82) is 0 Å². The summed E-state index contributed by atoms with van der Waals surface area (Å²) < 4.78 is 29.3. The van der Waals surface area contributed by atoms with Crippen molar-refractivity contribution in [3.05, 3.63) is 12.7 Å². The van der Waals surface area contributed by atoms with Gasteiger partial charge in [0, 0.05) is 19.6 Å². The van der Waals surface area contributed by atoms with E-state index in [0.717, 1.165) is 6.08 Å². The van der Waals surface area contributed by atoms with Gasteiger partial charge in [0.1, 0.15) is 5.25 Å². The zero-order valence-corrected chi connectivity index (χ0v) is 11.7. The largest absolute Gasteiger partial charge is 0.395 e. The Morgan fingerprint density at radius 3 is 2.11 bits per heavy atom. The summed E-state index contributed by atoms with van der Waals surface area (Å²) in [7, 11) is -4.06. The number of aliphatic hydroxyl groups is 2. The highest BCUT2D eigenvalue weighted by Gasteiger charge is 2.16. The van der Waals surface area contributed by atoms with E-state index in [1.54, 1.807) is 0 Å². The molecule has 0 aromatic rings. The molecule has 0 radical (unpaired) electrons. The smallest absolute Gasteiger partial charge is 0.269 e. The number of carbonyl (C=O) groups is 1. The third kappa shape index (κ3) is 14.9. The molecule has 0 aliphatic carbocycles. The molecule has 1 amide bonds. The van der Waals surface area contributed by atoms with Crippen LogP contribution in [0.15, 0.2) is 12.7 Å². The van der Waals surface area contributed by atoms with Crippen LogP contribution in [0.3, 0.4) is 0 Å². The summed E-state index contributed by atoms with van der Waals surface area (Å²) in [6.07, 6.45) is 1.02. The van der Waals surface area contributed by atoms with Gasteiger partial charge in [-0.1, -0.05) is 6.58 Å². The van der Waals surface area contributed by atoms with Crippen molar-refractivity contribution in [2.45, 2.75) is 12.2 Å². The predicted octanol–water partition coefficient (Wildman–Crippen LogP) is -1.87. The first-order chi connectivity index (χ1) is 8.79. The maximum absolute atomic E-state index is 10.5. The number of rotatable bonds is 8. The van der Waals surface area contributed by atoms with Crippen LogP contribution in [-0.4, -0.2) is 67.2 Å². The Balaban J connectivity index is 0.